The normalized spacial score (nSPS) is 11.1. The molecule has 0 atom stereocenters. The average Bonchev–Trinajstić information content (AvgIpc) is 2.56. The van der Waals surface area contributed by atoms with Crippen LogP contribution in [0.15, 0.2) is 47.4 Å². The molecule has 140 valence electrons. The predicted octanol–water partition coefficient (Wildman–Crippen LogP) is 2.07. The maximum Gasteiger partial charge on any atom is 0.319 e. The van der Waals surface area contributed by atoms with Gasteiger partial charge in [0.2, 0.25) is 10.0 Å². The van der Waals surface area contributed by atoms with Crippen LogP contribution in [0, 0.1) is 6.92 Å². The van der Waals surface area contributed by atoms with E-state index >= 15 is 0 Å². The molecule has 4 N–H and O–H groups in total. The number of hydrogen-bond donors (Lipinski definition) is 3. The van der Waals surface area contributed by atoms with E-state index in [0.717, 1.165) is 22.5 Å². The number of aryl methyl sites for hydroxylation is 1. The van der Waals surface area contributed by atoms with Crippen LogP contribution in [0.25, 0.3) is 0 Å². The Hall–Kier alpha value is -2.58. The fourth-order valence-corrected chi connectivity index (χ4v) is 2.91. The van der Waals surface area contributed by atoms with Crippen LogP contribution in [0.1, 0.15) is 11.1 Å². The van der Waals surface area contributed by atoms with Crippen LogP contribution >= 0.6 is 0 Å². The number of benzene rings is 2. The predicted molar refractivity (Wildman–Crippen MR) is 104 cm³/mol. The molecule has 0 aromatic heterocycles. The van der Waals surface area contributed by atoms with E-state index in [1.54, 1.807) is 12.1 Å². The van der Waals surface area contributed by atoms with Gasteiger partial charge >= 0.3 is 6.03 Å². The molecular weight excluding hydrogens is 352 g/mol. The van der Waals surface area contributed by atoms with E-state index in [2.05, 4.69) is 10.6 Å². The minimum atomic E-state index is -3.68. The van der Waals surface area contributed by atoms with Crippen LogP contribution in [0.5, 0.6) is 0 Å². The van der Waals surface area contributed by atoms with E-state index in [1.807, 2.05) is 44.1 Å². The van der Waals surface area contributed by atoms with Crippen LogP contribution < -0.4 is 20.7 Å². The SMILES string of the molecule is Cc1cc(N(C)C)ccc1NC(=O)NCCc1ccc(S(N)(=O)=O)cc1. The third kappa shape index (κ3) is 5.47. The molecule has 0 radical (unpaired) electrons. The molecule has 2 amide bonds. The summed E-state index contributed by atoms with van der Waals surface area (Å²) in [7, 11) is 0.241. The summed E-state index contributed by atoms with van der Waals surface area (Å²) in [4.78, 5) is 14.1. The number of rotatable bonds is 6. The number of urea groups is 1. The van der Waals surface area contributed by atoms with Gasteiger partial charge in [-0.05, 0) is 54.8 Å². The summed E-state index contributed by atoms with van der Waals surface area (Å²) in [5.74, 6) is 0. The number of nitrogens with two attached hydrogens (primary N) is 1. The largest absolute Gasteiger partial charge is 0.378 e. The van der Waals surface area contributed by atoms with Gasteiger partial charge in [0, 0.05) is 32.0 Å². The average molecular weight is 376 g/mol. The molecule has 0 aliphatic carbocycles. The zero-order valence-electron chi connectivity index (χ0n) is 15.1. The van der Waals surface area contributed by atoms with Gasteiger partial charge in [0.1, 0.15) is 0 Å². The van der Waals surface area contributed by atoms with Crippen LogP contribution in [0.4, 0.5) is 16.2 Å². The molecule has 8 heteroatoms. The van der Waals surface area contributed by atoms with Gasteiger partial charge in [-0.3, -0.25) is 0 Å². The van der Waals surface area contributed by atoms with E-state index in [1.165, 1.54) is 12.1 Å². The molecule has 26 heavy (non-hydrogen) atoms. The van der Waals surface area contributed by atoms with Crippen molar-refractivity contribution in [2.24, 2.45) is 5.14 Å². The Labute approximate surface area is 154 Å². The van der Waals surface area contributed by atoms with Gasteiger partial charge < -0.3 is 15.5 Å². The second-order valence-electron chi connectivity index (χ2n) is 6.21. The highest BCUT2D eigenvalue weighted by Crippen LogP contribution is 2.21. The molecule has 0 spiro atoms. The Kier molecular flexibility index (Phi) is 6.23. The van der Waals surface area contributed by atoms with E-state index < -0.39 is 10.0 Å². The zero-order valence-corrected chi connectivity index (χ0v) is 15.9. The number of carbonyl (C=O) groups is 1. The van der Waals surface area contributed by atoms with Crippen LogP contribution in [-0.4, -0.2) is 35.1 Å². The van der Waals surface area contributed by atoms with Crippen molar-refractivity contribution in [2.75, 3.05) is 30.9 Å². The molecule has 0 bridgehead atoms. The number of carbonyl (C=O) groups excluding carboxylic acids is 1. The van der Waals surface area contributed by atoms with Crippen molar-refractivity contribution < 1.29 is 13.2 Å². The van der Waals surface area contributed by atoms with E-state index in [4.69, 9.17) is 5.14 Å². The molecule has 2 aromatic rings. The second kappa shape index (κ2) is 8.20. The Morgan fingerprint density at radius 3 is 2.31 bits per heavy atom. The number of amides is 2. The van der Waals surface area contributed by atoms with Crippen LogP contribution in [0.2, 0.25) is 0 Å². The number of primary sulfonamides is 1. The summed E-state index contributed by atoms with van der Waals surface area (Å²) in [5, 5.41) is 10.7. The molecule has 7 nitrogen and oxygen atoms in total. The molecule has 2 aromatic carbocycles. The first-order valence-electron chi connectivity index (χ1n) is 8.11. The highest BCUT2D eigenvalue weighted by molar-refractivity contribution is 7.89. The number of sulfonamides is 1. The van der Waals surface area contributed by atoms with Gasteiger partial charge in [-0.25, -0.2) is 18.4 Å². The lowest BCUT2D eigenvalue weighted by Crippen LogP contribution is -2.30. The van der Waals surface area contributed by atoms with Crippen molar-refractivity contribution in [3.05, 3.63) is 53.6 Å². The topological polar surface area (TPSA) is 105 Å². The lowest BCUT2D eigenvalue weighted by Gasteiger charge is -2.15. The number of hydrogen-bond acceptors (Lipinski definition) is 4. The first-order valence-corrected chi connectivity index (χ1v) is 9.66. The summed E-state index contributed by atoms with van der Waals surface area (Å²) in [6.07, 6.45) is 0.580. The van der Waals surface area contributed by atoms with Gasteiger partial charge in [0.05, 0.1) is 4.90 Å². The lowest BCUT2D eigenvalue weighted by atomic mass is 10.1. The molecule has 0 saturated heterocycles. The summed E-state index contributed by atoms with van der Waals surface area (Å²) < 4.78 is 22.4. The highest BCUT2D eigenvalue weighted by atomic mass is 32.2. The van der Waals surface area contributed by atoms with Crippen molar-refractivity contribution in [2.45, 2.75) is 18.2 Å². The third-order valence-electron chi connectivity index (χ3n) is 3.93. The van der Waals surface area contributed by atoms with Gasteiger partial charge in [0.25, 0.3) is 0 Å². The van der Waals surface area contributed by atoms with E-state index in [-0.39, 0.29) is 10.9 Å². The second-order valence-corrected chi connectivity index (χ2v) is 7.77. The number of nitrogens with one attached hydrogen (secondary N) is 2. The number of nitrogens with zero attached hydrogens (tertiary/aromatic N) is 1. The summed E-state index contributed by atoms with van der Waals surface area (Å²) in [5.41, 5.74) is 3.70. The summed E-state index contributed by atoms with van der Waals surface area (Å²) >= 11 is 0. The fourth-order valence-electron chi connectivity index (χ4n) is 2.40. The smallest absolute Gasteiger partial charge is 0.319 e. The number of anilines is 2. The van der Waals surface area contributed by atoms with Gasteiger partial charge in [-0.15, -0.1) is 0 Å². The van der Waals surface area contributed by atoms with Crippen molar-refractivity contribution in [3.63, 3.8) is 0 Å². The van der Waals surface area contributed by atoms with Crippen LogP contribution in [-0.2, 0) is 16.4 Å². The minimum absolute atomic E-state index is 0.0728. The molecule has 0 aliphatic rings. The standard InChI is InChI=1S/C18H24N4O3S/c1-13-12-15(22(2)3)6-9-17(13)21-18(23)20-11-10-14-4-7-16(8-5-14)26(19,24)25/h4-9,12H,10-11H2,1-3H3,(H2,19,24,25)(H2,20,21,23). The Bertz CT molecular complexity index is 878. The first-order chi connectivity index (χ1) is 12.2. The molecule has 0 unspecified atom stereocenters. The maximum absolute atomic E-state index is 12.0. The fraction of sp³-hybridized carbons (Fsp3) is 0.278. The van der Waals surface area contributed by atoms with Crippen molar-refractivity contribution >= 4 is 27.4 Å². The third-order valence-corrected chi connectivity index (χ3v) is 4.85. The molecule has 0 saturated carbocycles. The van der Waals surface area contributed by atoms with Crippen molar-refractivity contribution in [1.29, 1.82) is 0 Å². The minimum Gasteiger partial charge on any atom is -0.378 e. The summed E-state index contributed by atoms with van der Waals surface area (Å²) in [6.45, 7) is 2.37. The van der Waals surface area contributed by atoms with E-state index in [0.29, 0.717) is 13.0 Å². The molecule has 2 rings (SSSR count). The zero-order chi connectivity index (χ0) is 19.3. The maximum atomic E-state index is 12.0. The molecule has 0 aliphatic heterocycles. The molecule has 0 fully saturated rings. The van der Waals surface area contributed by atoms with Crippen molar-refractivity contribution in [3.8, 4) is 0 Å². The van der Waals surface area contributed by atoms with E-state index in [9.17, 15) is 13.2 Å². The molecule has 0 heterocycles. The Morgan fingerprint density at radius 1 is 1.12 bits per heavy atom. The monoisotopic (exact) mass is 376 g/mol. The first kappa shape index (κ1) is 19.7. The lowest BCUT2D eigenvalue weighted by molar-refractivity contribution is 0.252. The quantitative estimate of drug-likeness (QED) is 0.718. The van der Waals surface area contributed by atoms with Gasteiger partial charge in [-0.1, -0.05) is 12.1 Å². The Balaban J connectivity index is 1.86. The Morgan fingerprint density at radius 2 is 1.77 bits per heavy atom. The van der Waals surface area contributed by atoms with Gasteiger partial charge in [-0.2, -0.15) is 0 Å². The van der Waals surface area contributed by atoms with Gasteiger partial charge in [0.15, 0.2) is 0 Å². The highest BCUT2D eigenvalue weighted by Gasteiger charge is 2.08. The molecular formula is C18H24N4O3S. The summed E-state index contributed by atoms with van der Waals surface area (Å²) in [6, 6.07) is 11.8. The van der Waals surface area contributed by atoms with Crippen LogP contribution in [0.3, 0.4) is 0 Å². The van der Waals surface area contributed by atoms with Crippen molar-refractivity contribution in [1.82, 2.24) is 5.32 Å².